The van der Waals surface area contributed by atoms with Gasteiger partial charge in [-0.3, -0.25) is 4.79 Å². The van der Waals surface area contributed by atoms with Crippen molar-refractivity contribution < 1.29 is 14.7 Å². The van der Waals surface area contributed by atoms with E-state index >= 15 is 0 Å². The van der Waals surface area contributed by atoms with Crippen molar-refractivity contribution in [3.63, 3.8) is 0 Å². The summed E-state index contributed by atoms with van der Waals surface area (Å²) in [6, 6.07) is 6.40. The van der Waals surface area contributed by atoms with Crippen molar-refractivity contribution in [2.45, 2.75) is 12.8 Å². The Labute approximate surface area is 76.0 Å². The Kier molecular flexibility index (Phi) is 2.80. The first kappa shape index (κ1) is 9.45. The SMILES string of the molecule is CC(C(=O)[O-])c1ccc(C=O)cc1. The maximum atomic E-state index is 10.5. The van der Waals surface area contributed by atoms with Crippen LogP contribution in [0.15, 0.2) is 24.3 Å². The van der Waals surface area contributed by atoms with Gasteiger partial charge in [-0.2, -0.15) is 0 Å². The molecule has 0 radical (unpaired) electrons. The Bertz CT molecular complexity index is 313. The van der Waals surface area contributed by atoms with Gasteiger partial charge in [-0.05, 0) is 5.56 Å². The van der Waals surface area contributed by atoms with E-state index in [1.807, 2.05) is 0 Å². The number of aldehydes is 1. The van der Waals surface area contributed by atoms with Gasteiger partial charge in [-0.1, -0.05) is 31.2 Å². The summed E-state index contributed by atoms with van der Waals surface area (Å²) in [6.07, 6.45) is 0.716. The molecule has 0 aliphatic rings. The first-order valence-electron chi connectivity index (χ1n) is 3.91. The highest BCUT2D eigenvalue weighted by molar-refractivity contribution is 5.76. The summed E-state index contributed by atoms with van der Waals surface area (Å²) in [5.41, 5.74) is 1.18. The average Bonchev–Trinajstić information content (AvgIpc) is 2.17. The average molecular weight is 177 g/mol. The monoisotopic (exact) mass is 177 g/mol. The third-order valence-corrected chi connectivity index (χ3v) is 1.93. The molecule has 0 amide bonds. The summed E-state index contributed by atoms with van der Waals surface area (Å²) < 4.78 is 0. The molecule has 0 aliphatic heterocycles. The third-order valence-electron chi connectivity index (χ3n) is 1.93. The number of carboxylic acid groups (broad SMARTS) is 1. The van der Waals surface area contributed by atoms with Crippen LogP contribution in [0.1, 0.15) is 28.8 Å². The third kappa shape index (κ3) is 2.15. The Hall–Kier alpha value is -1.64. The van der Waals surface area contributed by atoms with Crippen LogP contribution in [0.3, 0.4) is 0 Å². The molecule has 0 saturated heterocycles. The molecule has 1 aromatic rings. The molecule has 0 fully saturated rings. The number of aliphatic carboxylic acids is 1. The van der Waals surface area contributed by atoms with E-state index < -0.39 is 11.9 Å². The van der Waals surface area contributed by atoms with Gasteiger partial charge in [0.05, 0.1) is 0 Å². The zero-order valence-electron chi connectivity index (χ0n) is 7.19. The predicted molar refractivity (Wildman–Crippen MR) is 45.3 cm³/mol. The van der Waals surface area contributed by atoms with Gasteiger partial charge in [0.2, 0.25) is 0 Å². The van der Waals surface area contributed by atoms with E-state index in [9.17, 15) is 14.7 Å². The van der Waals surface area contributed by atoms with Crippen LogP contribution < -0.4 is 5.11 Å². The summed E-state index contributed by atoms with van der Waals surface area (Å²) in [4.78, 5) is 20.8. The van der Waals surface area contributed by atoms with E-state index in [-0.39, 0.29) is 0 Å². The molecule has 1 unspecified atom stereocenters. The van der Waals surface area contributed by atoms with Crippen LogP contribution in [0.4, 0.5) is 0 Å². The first-order valence-corrected chi connectivity index (χ1v) is 3.91. The van der Waals surface area contributed by atoms with E-state index in [4.69, 9.17) is 0 Å². The highest BCUT2D eigenvalue weighted by Crippen LogP contribution is 2.14. The van der Waals surface area contributed by atoms with Crippen LogP contribution in [-0.2, 0) is 4.79 Å². The Morgan fingerprint density at radius 3 is 2.31 bits per heavy atom. The lowest BCUT2D eigenvalue weighted by Crippen LogP contribution is -2.27. The van der Waals surface area contributed by atoms with Crippen molar-refractivity contribution in [1.82, 2.24) is 0 Å². The Balaban J connectivity index is 2.91. The maximum Gasteiger partial charge on any atom is 0.150 e. The molecule has 1 aromatic carbocycles. The highest BCUT2D eigenvalue weighted by atomic mass is 16.4. The molecule has 1 rings (SSSR count). The highest BCUT2D eigenvalue weighted by Gasteiger charge is 2.05. The standard InChI is InChI=1S/C10H10O3/c1-7(10(12)13)9-4-2-8(6-11)3-5-9/h2-7H,1H3,(H,12,13)/p-1. The second-order valence-corrected chi connectivity index (χ2v) is 2.83. The molecular formula is C10H9O3-. The van der Waals surface area contributed by atoms with E-state index in [1.165, 1.54) is 0 Å². The van der Waals surface area contributed by atoms with E-state index in [0.29, 0.717) is 17.4 Å². The molecule has 68 valence electrons. The number of rotatable bonds is 3. The molecule has 0 heterocycles. The van der Waals surface area contributed by atoms with Crippen molar-refractivity contribution in [3.8, 4) is 0 Å². The number of hydrogen-bond donors (Lipinski definition) is 0. The number of benzene rings is 1. The van der Waals surface area contributed by atoms with Gasteiger partial charge in [0.25, 0.3) is 0 Å². The fourth-order valence-corrected chi connectivity index (χ4v) is 0.999. The van der Waals surface area contributed by atoms with Crippen LogP contribution in [0, 0.1) is 0 Å². The van der Waals surface area contributed by atoms with Crippen molar-refractivity contribution in [1.29, 1.82) is 0 Å². The molecule has 3 heteroatoms. The van der Waals surface area contributed by atoms with Gasteiger partial charge in [-0.25, -0.2) is 0 Å². The molecule has 0 N–H and O–H groups in total. The van der Waals surface area contributed by atoms with Crippen LogP contribution >= 0.6 is 0 Å². The molecule has 0 spiro atoms. The number of carboxylic acids is 1. The molecular weight excluding hydrogens is 168 g/mol. The second kappa shape index (κ2) is 3.85. The van der Waals surface area contributed by atoms with Gasteiger partial charge < -0.3 is 9.90 Å². The van der Waals surface area contributed by atoms with Crippen LogP contribution in [0.25, 0.3) is 0 Å². The molecule has 13 heavy (non-hydrogen) atoms. The minimum Gasteiger partial charge on any atom is -0.550 e. The number of carbonyl (C=O) groups is 2. The van der Waals surface area contributed by atoms with Gasteiger partial charge in [-0.15, -0.1) is 0 Å². The largest absolute Gasteiger partial charge is 0.550 e. The van der Waals surface area contributed by atoms with Crippen molar-refractivity contribution >= 4 is 12.3 Å². The summed E-state index contributed by atoms with van der Waals surface area (Å²) in [7, 11) is 0. The number of hydrogen-bond acceptors (Lipinski definition) is 3. The molecule has 0 aliphatic carbocycles. The summed E-state index contributed by atoms with van der Waals surface area (Å²) in [5, 5.41) is 10.5. The minimum atomic E-state index is -1.11. The van der Waals surface area contributed by atoms with Crippen LogP contribution in [0.2, 0.25) is 0 Å². The van der Waals surface area contributed by atoms with Gasteiger partial charge >= 0.3 is 0 Å². The van der Waals surface area contributed by atoms with Gasteiger partial charge in [0.15, 0.2) is 0 Å². The minimum absolute atomic E-state index is 0.536. The van der Waals surface area contributed by atoms with E-state index in [2.05, 4.69) is 0 Å². The molecule has 0 aromatic heterocycles. The quantitative estimate of drug-likeness (QED) is 0.626. The fourth-order valence-electron chi connectivity index (χ4n) is 0.999. The Morgan fingerprint density at radius 2 is 1.92 bits per heavy atom. The van der Waals surface area contributed by atoms with Crippen LogP contribution in [-0.4, -0.2) is 12.3 Å². The smallest absolute Gasteiger partial charge is 0.150 e. The van der Waals surface area contributed by atoms with Crippen LogP contribution in [0.5, 0.6) is 0 Å². The maximum absolute atomic E-state index is 10.5. The predicted octanol–water partition coefficient (Wildman–Crippen LogP) is 0.352. The molecule has 0 bridgehead atoms. The molecule has 1 atom stereocenters. The zero-order valence-corrected chi connectivity index (χ0v) is 7.19. The van der Waals surface area contributed by atoms with Gasteiger partial charge in [0.1, 0.15) is 6.29 Å². The van der Waals surface area contributed by atoms with E-state index in [1.54, 1.807) is 31.2 Å². The lowest BCUT2D eigenvalue weighted by molar-refractivity contribution is -0.307. The van der Waals surface area contributed by atoms with Gasteiger partial charge in [0, 0.05) is 17.5 Å². The normalized spacial score (nSPS) is 12.1. The summed E-state index contributed by atoms with van der Waals surface area (Å²) >= 11 is 0. The lowest BCUT2D eigenvalue weighted by Gasteiger charge is -2.12. The number of carbonyl (C=O) groups excluding carboxylic acids is 2. The van der Waals surface area contributed by atoms with Crippen molar-refractivity contribution in [3.05, 3.63) is 35.4 Å². The molecule has 3 nitrogen and oxygen atoms in total. The zero-order chi connectivity index (χ0) is 9.84. The summed E-state index contributed by atoms with van der Waals surface area (Å²) in [6.45, 7) is 1.55. The fraction of sp³-hybridized carbons (Fsp3) is 0.200. The first-order chi connectivity index (χ1) is 6.15. The summed E-state index contributed by atoms with van der Waals surface area (Å²) in [5.74, 6) is -1.75. The van der Waals surface area contributed by atoms with E-state index in [0.717, 1.165) is 0 Å². The Morgan fingerprint density at radius 1 is 1.38 bits per heavy atom. The molecule has 0 saturated carbocycles. The van der Waals surface area contributed by atoms with Crippen molar-refractivity contribution in [2.75, 3.05) is 0 Å². The topological polar surface area (TPSA) is 57.2 Å². The lowest BCUT2D eigenvalue weighted by atomic mass is 10.0. The van der Waals surface area contributed by atoms with Crippen molar-refractivity contribution in [2.24, 2.45) is 0 Å². The second-order valence-electron chi connectivity index (χ2n) is 2.83.